The summed E-state index contributed by atoms with van der Waals surface area (Å²) in [6, 6.07) is 8.01. The Bertz CT molecular complexity index is 819. The lowest BCUT2D eigenvalue weighted by Gasteiger charge is -2.32. The average Bonchev–Trinajstić information content (AvgIpc) is 3.06. The summed E-state index contributed by atoms with van der Waals surface area (Å²) in [6.07, 6.45) is 5.97. The van der Waals surface area contributed by atoms with Crippen LogP contribution in [-0.4, -0.2) is 53.1 Å². The van der Waals surface area contributed by atoms with Gasteiger partial charge < -0.3 is 26.5 Å². The number of carbonyl (C=O) groups is 1. The summed E-state index contributed by atoms with van der Waals surface area (Å²) >= 11 is 0. The second-order valence-electron chi connectivity index (χ2n) is 8.48. The fraction of sp³-hybridized carbons (Fsp3) is 0.609. The number of fused-ring (bicyclic) bond motifs is 1. The number of aryl methyl sites for hydroxylation is 1. The van der Waals surface area contributed by atoms with Crippen LogP contribution in [0, 0.1) is 0 Å². The number of nitrogens with zero attached hydrogens (tertiary/aromatic N) is 1. The van der Waals surface area contributed by atoms with Crippen molar-refractivity contribution in [3.8, 4) is 0 Å². The Labute approximate surface area is 185 Å². The van der Waals surface area contributed by atoms with Crippen LogP contribution >= 0.6 is 0 Å². The molecule has 0 aliphatic heterocycles. The van der Waals surface area contributed by atoms with Crippen LogP contribution in [0.4, 0.5) is 0 Å². The fourth-order valence-corrected chi connectivity index (χ4v) is 3.82. The van der Waals surface area contributed by atoms with E-state index in [1.165, 1.54) is 5.39 Å². The quantitative estimate of drug-likeness (QED) is 0.194. The normalized spacial score (nSPS) is 15.5. The van der Waals surface area contributed by atoms with Gasteiger partial charge in [-0.1, -0.05) is 31.5 Å². The minimum absolute atomic E-state index is 0.0146. The van der Waals surface area contributed by atoms with E-state index in [4.69, 9.17) is 11.5 Å². The van der Waals surface area contributed by atoms with Crippen molar-refractivity contribution in [2.45, 2.75) is 63.9 Å². The van der Waals surface area contributed by atoms with Gasteiger partial charge in [0, 0.05) is 55.7 Å². The summed E-state index contributed by atoms with van der Waals surface area (Å²) in [7, 11) is 2.02. The van der Waals surface area contributed by atoms with Gasteiger partial charge in [-0.05, 0) is 44.4 Å². The highest BCUT2D eigenvalue weighted by Gasteiger charge is 2.25. The number of benzene rings is 1. The Hall–Kier alpha value is -1.97. The number of amides is 1. The fourth-order valence-electron chi connectivity index (χ4n) is 3.82. The highest BCUT2D eigenvalue weighted by Crippen LogP contribution is 2.21. The molecular weight excluding hydrogens is 392 g/mol. The zero-order valence-corrected chi connectivity index (χ0v) is 19.2. The number of aliphatic hydroxyl groups is 1. The number of aromatic nitrogens is 1. The molecule has 0 radical (unpaired) electrons. The van der Waals surface area contributed by atoms with Gasteiger partial charge in [0.1, 0.15) is 0 Å². The molecule has 0 fully saturated rings. The van der Waals surface area contributed by atoms with Gasteiger partial charge in [0.25, 0.3) is 0 Å². The molecule has 0 spiro atoms. The molecule has 0 aliphatic rings. The average molecular weight is 433 g/mol. The first kappa shape index (κ1) is 25.3. The first-order valence-electron chi connectivity index (χ1n) is 11.3. The van der Waals surface area contributed by atoms with E-state index in [1.807, 2.05) is 26.1 Å². The lowest BCUT2D eigenvalue weighted by molar-refractivity contribution is -0.121. The highest BCUT2D eigenvalue weighted by atomic mass is 16.3. The second kappa shape index (κ2) is 12.2. The number of para-hydroxylation sites is 1. The van der Waals surface area contributed by atoms with Crippen LogP contribution in [0.5, 0.6) is 0 Å². The molecule has 1 aromatic heterocycles. The number of nitrogens with one attached hydrogen (secondary N) is 3. The van der Waals surface area contributed by atoms with Crippen LogP contribution in [0.1, 0.15) is 45.1 Å². The largest absolute Gasteiger partial charge is 0.363 e. The Balaban J connectivity index is 2.05. The van der Waals surface area contributed by atoms with Crippen LogP contribution in [0.25, 0.3) is 10.9 Å². The van der Waals surface area contributed by atoms with Gasteiger partial charge in [0.05, 0.1) is 0 Å². The standard InChI is InChI=1S/C23H40N6O2/c1-4-22(30)26-15-19(13-17-16-29(3)21-11-6-5-10-20(17)21)28-23(2,31)27-14-18(25)9-7-8-12-24/h5-6,10-11,16,18-19,27-28,31H,4,7-9,12-15,24-25H2,1-3H3,(H,26,30)/t18?,19-,23?/m0/s1. The third kappa shape index (κ3) is 8.23. The Kier molecular flexibility index (Phi) is 9.93. The van der Waals surface area contributed by atoms with Gasteiger partial charge in [-0.25, -0.2) is 0 Å². The topological polar surface area (TPSA) is 130 Å². The van der Waals surface area contributed by atoms with E-state index in [2.05, 4.69) is 38.8 Å². The maximum atomic E-state index is 11.8. The molecule has 0 saturated heterocycles. The SMILES string of the molecule is CCC(=O)NC[C@H](Cc1cn(C)c2ccccc12)NC(C)(O)NCC(N)CCCCN. The molecule has 2 unspecified atom stereocenters. The number of unbranched alkanes of at least 4 members (excludes halogenated alkanes) is 1. The van der Waals surface area contributed by atoms with Crippen molar-refractivity contribution in [2.75, 3.05) is 19.6 Å². The van der Waals surface area contributed by atoms with Crippen LogP contribution in [0.3, 0.4) is 0 Å². The van der Waals surface area contributed by atoms with E-state index >= 15 is 0 Å². The molecule has 1 amide bonds. The highest BCUT2D eigenvalue weighted by molar-refractivity contribution is 5.84. The van der Waals surface area contributed by atoms with Gasteiger partial charge in [0.15, 0.2) is 5.85 Å². The zero-order valence-electron chi connectivity index (χ0n) is 19.2. The van der Waals surface area contributed by atoms with Crippen LogP contribution in [0.2, 0.25) is 0 Å². The Morgan fingerprint density at radius 3 is 2.71 bits per heavy atom. The predicted molar refractivity (Wildman–Crippen MR) is 126 cm³/mol. The summed E-state index contributed by atoms with van der Waals surface area (Å²) < 4.78 is 2.10. The first-order valence-corrected chi connectivity index (χ1v) is 11.3. The molecule has 3 atom stereocenters. The van der Waals surface area contributed by atoms with Crippen molar-refractivity contribution in [1.29, 1.82) is 0 Å². The van der Waals surface area contributed by atoms with Crippen molar-refractivity contribution in [3.63, 3.8) is 0 Å². The predicted octanol–water partition coefficient (Wildman–Crippen LogP) is 0.917. The lowest BCUT2D eigenvalue weighted by atomic mass is 10.0. The summed E-state index contributed by atoms with van der Waals surface area (Å²) in [5.74, 6) is -1.34. The number of nitrogens with two attached hydrogens (primary N) is 2. The number of hydrogen-bond donors (Lipinski definition) is 6. The smallest absolute Gasteiger partial charge is 0.219 e. The van der Waals surface area contributed by atoms with Gasteiger partial charge in [0.2, 0.25) is 5.91 Å². The molecule has 0 bridgehead atoms. The van der Waals surface area contributed by atoms with Crippen molar-refractivity contribution >= 4 is 16.8 Å². The van der Waals surface area contributed by atoms with E-state index in [9.17, 15) is 9.90 Å². The Morgan fingerprint density at radius 1 is 1.26 bits per heavy atom. The van der Waals surface area contributed by atoms with E-state index in [0.29, 0.717) is 32.5 Å². The molecule has 1 aromatic carbocycles. The third-order valence-corrected chi connectivity index (χ3v) is 5.54. The first-order chi connectivity index (χ1) is 14.8. The maximum absolute atomic E-state index is 11.8. The van der Waals surface area contributed by atoms with E-state index in [0.717, 1.165) is 30.3 Å². The van der Waals surface area contributed by atoms with Gasteiger partial charge in [-0.2, -0.15) is 0 Å². The summed E-state index contributed by atoms with van der Waals surface area (Å²) in [5.41, 5.74) is 14.0. The van der Waals surface area contributed by atoms with Gasteiger partial charge in [-0.15, -0.1) is 0 Å². The molecule has 2 rings (SSSR count). The van der Waals surface area contributed by atoms with Crippen molar-refractivity contribution in [1.82, 2.24) is 20.5 Å². The van der Waals surface area contributed by atoms with Crippen LogP contribution in [-0.2, 0) is 18.3 Å². The van der Waals surface area contributed by atoms with E-state index < -0.39 is 5.85 Å². The summed E-state index contributed by atoms with van der Waals surface area (Å²) in [4.78, 5) is 11.8. The molecule has 1 heterocycles. The van der Waals surface area contributed by atoms with Crippen molar-refractivity contribution < 1.29 is 9.90 Å². The molecule has 8 nitrogen and oxygen atoms in total. The van der Waals surface area contributed by atoms with E-state index in [-0.39, 0.29) is 18.0 Å². The lowest BCUT2D eigenvalue weighted by Crippen LogP contribution is -2.62. The minimum Gasteiger partial charge on any atom is -0.363 e. The van der Waals surface area contributed by atoms with E-state index in [1.54, 1.807) is 6.92 Å². The Morgan fingerprint density at radius 2 is 2.00 bits per heavy atom. The zero-order chi connectivity index (χ0) is 22.9. The van der Waals surface area contributed by atoms with Crippen LogP contribution in [0.15, 0.2) is 30.5 Å². The number of hydrogen-bond acceptors (Lipinski definition) is 6. The van der Waals surface area contributed by atoms with Crippen LogP contribution < -0.4 is 27.4 Å². The monoisotopic (exact) mass is 432 g/mol. The van der Waals surface area contributed by atoms with Crippen molar-refractivity contribution in [3.05, 3.63) is 36.0 Å². The van der Waals surface area contributed by atoms with Gasteiger partial charge in [-0.3, -0.25) is 15.4 Å². The molecule has 8 heteroatoms. The number of rotatable bonds is 14. The molecule has 2 aromatic rings. The third-order valence-electron chi connectivity index (χ3n) is 5.54. The summed E-state index contributed by atoms with van der Waals surface area (Å²) in [5, 5.41) is 21.4. The second-order valence-corrected chi connectivity index (χ2v) is 8.48. The molecule has 8 N–H and O–H groups in total. The maximum Gasteiger partial charge on any atom is 0.219 e. The van der Waals surface area contributed by atoms with Crippen molar-refractivity contribution in [2.24, 2.45) is 18.5 Å². The molecule has 31 heavy (non-hydrogen) atoms. The molecule has 174 valence electrons. The molecular formula is C23H40N6O2. The number of carbonyl (C=O) groups excluding carboxylic acids is 1. The van der Waals surface area contributed by atoms with Gasteiger partial charge >= 0.3 is 0 Å². The minimum atomic E-state index is -1.32. The summed E-state index contributed by atoms with van der Waals surface area (Å²) in [6.45, 7) is 5.06. The molecule has 0 aliphatic carbocycles. The molecule has 0 saturated carbocycles.